The van der Waals surface area contributed by atoms with Crippen molar-refractivity contribution in [2.75, 3.05) is 13.1 Å². The number of hydrogen-bond donors (Lipinski definition) is 2. The molecule has 1 saturated heterocycles. The Morgan fingerprint density at radius 2 is 1.82 bits per heavy atom. The van der Waals surface area contributed by atoms with Gasteiger partial charge in [0.2, 0.25) is 21.8 Å². The standard InChI is InChI=1S/C30H36N4O4S2/c1-30(2,3)19-25(33-28(35)18-24-17-21-9-4-6-12-26(21)39-24)29(36)32-23-11-8-15-34(16-14-23)40(37,38)27-13-7-5-10-22(27)20-31/h4-7,9-10,12-13,17,23,25H,8,11,14-16,18-19H2,1-3H3,(H,32,36)(H,33,35)/t23-,25+/m1/s1. The van der Waals surface area contributed by atoms with Gasteiger partial charge in [-0.3, -0.25) is 9.59 Å². The number of amides is 2. The molecule has 40 heavy (non-hydrogen) atoms. The highest BCUT2D eigenvalue weighted by atomic mass is 32.2. The van der Waals surface area contributed by atoms with Crippen molar-refractivity contribution in [1.82, 2.24) is 14.9 Å². The molecule has 8 nitrogen and oxygen atoms in total. The average molecular weight is 581 g/mol. The number of rotatable bonds is 8. The zero-order chi connectivity index (χ0) is 28.9. The molecule has 212 valence electrons. The molecule has 4 rings (SSSR count). The van der Waals surface area contributed by atoms with Crippen LogP contribution in [0.4, 0.5) is 0 Å². The number of nitriles is 1. The van der Waals surface area contributed by atoms with Crippen LogP contribution in [-0.2, 0) is 26.0 Å². The molecular formula is C30H36N4O4S2. The van der Waals surface area contributed by atoms with Crippen molar-refractivity contribution in [3.63, 3.8) is 0 Å². The van der Waals surface area contributed by atoms with Gasteiger partial charge >= 0.3 is 0 Å². The van der Waals surface area contributed by atoms with Crippen LogP contribution < -0.4 is 10.6 Å². The maximum absolute atomic E-state index is 13.4. The molecule has 2 heterocycles. The Balaban J connectivity index is 1.40. The van der Waals surface area contributed by atoms with E-state index in [1.54, 1.807) is 23.5 Å². The first-order chi connectivity index (χ1) is 19.0. The van der Waals surface area contributed by atoms with Crippen LogP contribution in [0.2, 0.25) is 0 Å². The fourth-order valence-electron chi connectivity index (χ4n) is 5.03. The third-order valence-corrected chi connectivity index (χ3v) is 10.0. The second-order valence-corrected chi connectivity index (χ2v) is 14.5. The number of sulfonamides is 1. The van der Waals surface area contributed by atoms with Gasteiger partial charge in [0.05, 0.1) is 16.9 Å². The molecule has 0 unspecified atom stereocenters. The molecule has 2 N–H and O–H groups in total. The Hall–Kier alpha value is -3.26. The van der Waals surface area contributed by atoms with Gasteiger partial charge in [0.15, 0.2) is 0 Å². The van der Waals surface area contributed by atoms with Crippen LogP contribution in [-0.4, -0.2) is 49.7 Å². The van der Waals surface area contributed by atoms with Gasteiger partial charge < -0.3 is 10.6 Å². The zero-order valence-corrected chi connectivity index (χ0v) is 24.8. The van der Waals surface area contributed by atoms with E-state index in [0.29, 0.717) is 32.2 Å². The summed E-state index contributed by atoms with van der Waals surface area (Å²) in [5.74, 6) is -0.457. The first-order valence-electron chi connectivity index (χ1n) is 13.5. The maximum atomic E-state index is 13.4. The number of carbonyl (C=O) groups excluding carboxylic acids is 2. The Kier molecular flexibility index (Phi) is 9.29. The monoisotopic (exact) mass is 580 g/mol. The van der Waals surface area contributed by atoms with Crippen LogP contribution >= 0.6 is 11.3 Å². The summed E-state index contributed by atoms with van der Waals surface area (Å²) in [6.07, 6.45) is 2.30. The van der Waals surface area contributed by atoms with Crippen LogP contribution in [0.25, 0.3) is 10.1 Å². The summed E-state index contributed by atoms with van der Waals surface area (Å²) in [6.45, 7) is 6.62. The topological polar surface area (TPSA) is 119 Å². The number of carbonyl (C=O) groups is 2. The van der Waals surface area contributed by atoms with E-state index in [0.717, 1.165) is 15.0 Å². The molecule has 2 atom stereocenters. The minimum absolute atomic E-state index is 0.00609. The predicted molar refractivity (Wildman–Crippen MR) is 157 cm³/mol. The fraction of sp³-hybridized carbons (Fsp3) is 0.433. The van der Waals surface area contributed by atoms with Gasteiger partial charge in [0.1, 0.15) is 12.1 Å². The summed E-state index contributed by atoms with van der Waals surface area (Å²) in [7, 11) is -3.83. The van der Waals surface area contributed by atoms with Crippen LogP contribution in [0.3, 0.4) is 0 Å². The van der Waals surface area contributed by atoms with Gasteiger partial charge in [-0.15, -0.1) is 11.3 Å². The number of thiophene rings is 1. The largest absolute Gasteiger partial charge is 0.352 e. The number of hydrogen-bond acceptors (Lipinski definition) is 6. The van der Waals surface area contributed by atoms with E-state index in [1.807, 2.05) is 57.2 Å². The highest BCUT2D eigenvalue weighted by Gasteiger charge is 2.32. The smallest absolute Gasteiger partial charge is 0.244 e. The number of nitrogens with zero attached hydrogens (tertiary/aromatic N) is 2. The normalized spacial score (nSPS) is 17.5. The van der Waals surface area contributed by atoms with E-state index < -0.39 is 16.1 Å². The molecule has 1 aliphatic heterocycles. The molecule has 10 heteroatoms. The Labute approximate surface area is 240 Å². The van der Waals surface area contributed by atoms with Crippen molar-refractivity contribution < 1.29 is 18.0 Å². The summed E-state index contributed by atoms with van der Waals surface area (Å²) in [5.41, 5.74) is -0.0805. The number of nitrogens with one attached hydrogen (secondary N) is 2. The van der Waals surface area contributed by atoms with Gasteiger partial charge in [0.25, 0.3) is 0 Å². The van der Waals surface area contributed by atoms with Crippen molar-refractivity contribution >= 4 is 43.3 Å². The molecule has 1 aromatic heterocycles. The highest BCUT2D eigenvalue weighted by Crippen LogP contribution is 2.27. The predicted octanol–water partition coefficient (Wildman–Crippen LogP) is 4.60. The molecule has 2 amide bonds. The Bertz CT molecular complexity index is 1490. The maximum Gasteiger partial charge on any atom is 0.244 e. The van der Waals surface area contributed by atoms with Crippen molar-refractivity contribution in [1.29, 1.82) is 5.26 Å². The molecule has 1 fully saturated rings. The summed E-state index contributed by atoms with van der Waals surface area (Å²) in [4.78, 5) is 27.4. The van der Waals surface area contributed by atoms with Crippen molar-refractivity contribution in [2.24, 2.45) is 5.41 Å². The summed E-state index contributed by atoms with van der Waals surface area (Å²) in [6, 6.07) is 17.2. The van der Waals surface area contributed by atoms with Crippen molar-refractivity contribution in [3.8, 4) is 6.07 Å². The lowest BCUT2D eigenvalue weighted by molar-refractivity contribution is -0.129. The summed E-state index contributed by atoms with van der Waals surface area (Å²) < 4.78 is 29.1. The lowest BCUT2D eigenvalue weighted by Gasteiger charge is -2.28. The highest BCUT2D eigenvalue weighted by molar-refractivity contribution is 7.89. The third-order valence-electron chi connectivity index (χ3n) is 6.94. The van der Waals surface area contributed by atoms with Gasteiger partial charge in [-0.25, -0.2) is 8.42 Å². The lowest BCUT2D eigenvalue weighted by atomic mass is 9.87. The lowest BCUT2D eigenvalue weighted by Crippen LogP contribution is -2.51. The van der Waals surface area contributed by atoms with Crippen LogP contribution in [0.1, 0.15) is 56.9 Å². The number of fused-ring (bicyclic) bond motifs is 1. The third kappa shape index (κ3) is 7.47. The van der Waals surface area contributed by atoms with Crippen LogP contribution in [0.15, 0.2) is 59.5 Å². The van der Waals surface area contributed by atoms with Gasteiger partial charge in [0, 0.05) is 28.7 Å². The van der Waals surface area contributed by atoms with Crippen molar-refractivity contribution in [3.05, 3.63) is 65.0 Å². The minimum atomic E-state index is -3.83. The molecule has 0 spiro atoms. The zero-order valence-electron chi connectivity index (χ0n) is 23.1. The molecule has 3 aromatic rings. The van der Waals surface area contributed by atoms with E-state index in [9.17, 15) is 23.3 Å². The van der Waals surface area contributed by atoms with E-state index in [4.69, 9.17) is 0 Å². The fourth-order valence-corrected chi connectivity index (χ4v) is 7.73. The quantitative estimate of drug-likeness (QED) is 0.404. The second kappa shape index (κ2) is 12.5. The van der Waals surface area contributed by atoms with Gasteiger partial charge in [-0.05, 0) is 60.7 Å². The first-order valence-corrected chi connectivity index (χ1v) is 15.8. The molecular weight excluding hydrogens is 544 g/mol. The molecule has 1 aliphatic rings. The van der Waals surface area contributed by atoms with Crippen LogP contribution in [0, 0.1) is 16.7 Å². The van der Waals surface area contributed by atoms with E-state index >= 15 is 0 Å². The van der Waals surface area contributed by atoms with Gasteiger partial charge in [-0.2, -0.15) is 9.57 Å². The van der Waals surface area contributed by atoms with E-state index in [1.165, 1.54) is 16.4 Å². The SMILES string of the molecule is CC(C)(C)C[C@H](NC(=O)Cc1cc2ccccc2s1)C(=O)N[C@@H]1CCCN(S(=O)(=O)c2ccccc2C#N)CC1. The Morgan fingerprint density at radius 3 is 2.55 bits per heavy atom. The van der Waals surface area contributed by atoms with Crippen LogP contribution in [0.5, 0.6) is 0 Å². The van der Waals surface area contributed by atoms with Crippen molar-refractivity contribution in [2.45, 2.75) is 69.9 Å². The first kappa shape index (κ1) is 29.7. The molecule has 0 saturated carbocycles. The van der Waals surface area contributed by atoms with Gasteiger partial charge in [-0.1, -0.05) is 51.1 Å². The summed E-state index contributed by atoms with van der Waals surface area (Å²) in [5, 5.41) is 16.5. The molecule has 0 bridgehead atoms. The average Bonchev–Trinajstić information content (AvgIpc) is 3.15. The molecule has 2 aromatic carbocycles. The van der Waals surface area contributed by atoms with E-state index in [2.05, 4.69) is 10.6 Å². The minimum Gasteiger partial charge on any atom is -0.352 e. The Morgan fingerprint density at radius 1 is 1.10 bits per heavy atom. The van der Waals surface area contributed by atoms with E-state index in [-0.39, 0.29) is 46.7 Å². The number of benzene rings is 2. The second-order valence-electron chi connectivity index (χ2n) is 11.5. The molecule has 0 radical (unpaired) electrons. The molecule has 0 aliphatic carbocycles. The summed E-state index contributed by atoms with van der Waals surface area (Å²) >= 11 is 1.57.